The number of amides is 1. The largest absolute Gasteiger partial charge is 0.379 e. The van der Waals surface area contributed by atoms with Gasteiger partial charge in [0.1, 0.15) is 11.5 Å². The molecule has 0 bridgehead atoms. The van der Waals surface area contributed by atoms with Gasteiger partial charge in [-0.2, -0.15) is 5.10 Å². The van der Waals surface area contributed by atoms with Gasteiger partial charge >= 0.3 is 0 Å². The second kappa shape index (κ2) is 8.52. The summed E-state index contributed by atoms with van der Waals surface area (Å²) >= 11 is 0. The third kappa shape index (κ3) is 4.00. The van der Waals surface area contributed by atoms with Crippen LogP contribution in [0.2, 0.25) is 0 Å². The number of hydrogen-bond donors (Lipinski definition) is 3. The molecule has 0 radical (unpaired) electrons. The number of morpholine rings is 1. The van der Waals surface area contributed by atoms with Gasteiger partial charge in [-0.1, -0.05) is 18.2 Å². The number of aryl methyl sites for hydroxylation is 1. The number of benzene rings is 2. The summed E-state index contributed by atoms with van der Waals surface area (Å²) in [6.45, 7) is 5.91. The molecular weight excluding hydrogens is 411 g/mol. The van der Waals surface area contributed by atoms with Crippen molar-refractivity contribution >= 4 is 22.6 Å². The van der Waals surface area contributed by atoms with Crippen molar-refractivity contribution < 1.29 is 13.9 Å². The lowest BCUT2D eigenvalue weighted by molar-refractivity contribution is 0.0342. The van der Waals surface area contributed by atoms with E-state index in [9.17, 15) is 9.18 Å². The maximum atomic E-state index is 14.2. The lowest BCUT2D eigenvalue weighted by atomic mass is 10.1. The standard InChI is InChI=1S/C23H23FN6O2/c1-14-3-2-4-16(24)20(14)23(31)28-19-12-25-29-21(19)22-26-17-6-5-15(11-18(17)27-22)13-30-7-9-32-10-8-30/h2-6,11-12H,7-10,13H2,1H3,(H,25,29)(H,26,27)(H,28,31). The number of carbonyl (C=O) groups is 1. The van der Waals surface area contributed by atoms with E-state index in [2.05, 4.69) is 42.5 Å². The van der Waals surface area contributed by atoms with Crippen molar-refractivity contribution in [2.24, 2.45) is 0 Å². The number of aromatic nitrogens is 4. The maximum Gasteiger partial charge on any atom is 0.259 e. The monoisotopic (exact) mass is 434 g/mol. The number of anilines is 1. The Labute approximate surface area is 183 Å². The van der Waals surface area contributed by atoms with Crippen molar-refractivity contribution in [1.82, 2.24) is 25.1 Å². The molecule has 0 saturated carbocycles. The number of halogens is 1. The summed E-state index contributed by atoms with van der Waals surface area (Å²) in [4.78, 5) is 23.0. The van der Waals surface area contributed by atoms with E-state index >= 15 is 0 Å². The van der Waals surface area contributed by atoms with Gasteiger partial charge in [0.05, 0.1) is 41.7 Å². The third-order valence-electron chi connectivity index (χ3n) is 5.63. The first-order valence-corrected chi connectivity index (χ1v) is 10.5. The molecular formula is C23H23FN6O2. The number of H-pyrrole nitrogens is 2. The van der Waals surface area contributed by atoms with E-state index in [0.717, 1.165) is 43.9 Å². The highest BCUT2D eigenvalue weighted by Gasteiger charge is 2.19. The van der Waals surface area contributed by atoms with Crippen LogP contribution >= 0.6 is 0 Å². The van der Waals surface area contributed by atoms with E-state index in [4.69, 9.17) is 4.74 Å². The van der Waals surface area contributed by atoms with Crippen LogP contribution in [0.3, 0.4) is 0 Å². The predicted octanol–water partition coefficient (Wildman–Crippen LogP) is 3.49. The van der Waals surface area contributed by atoms with Gasteiger partial charge in [0.2, 0.25) is 0 Å². The lowest BCUT2D eigenvalue weighted by Crippen LogP contribution is -2.35. The summed E-state index contributed by atoms with van der Waals surface area (Å²) in [6.07, 6.45) is 1.49. The topological polar surface area (TPSA) is 98.9 Å². The molecule has 3 N–H and O–H groups in total. The Morgan fingerprint density at radius 3 is 2.91 bits per heavy atom. The fourth-order valence-electron chi connectivity index (χ4n) is 3.96. The minimum Gasteiger partial charge on any atom is -0.379 e. The molecule has 1 amide bonds. The minimum atomic E-state index is -0.566. The molecule has 1 saturated heterocycles. The fraction of sp³-hybridized carbons (Fsp3) is 0.261. The van der Waals surface area contributed by atoms with Gasteiger partial charge in [0.15, 0.2) is 5.82 Å². The highest BCUT2D eigenvalue weighted by atomic mass is 19.1. The average molecular weight is 434 g/mol. The zero-order valence-corrected chi connectivity index (χ0v) is 17.6. The Kier molecular flexibility index (Phi) is 5.42. The molecule has 1 aliphatic rings. The molecule has 0 spiro atoms. The summed E-state index contributed by atoms with van der Waals surface area (Å²) in [5, 5.41) is 9.66. The zero-order valence-electron chi connectivity index (χ0n) is 17.6. The van der Waals surface area contributed by atoms with E-state index in [1.165, 1.54) is 17.8 Å². The Balaban J connectivity index is 1.39. The number of fused-ring (bicyclic) bond motifs is 1. The van der Waals surface area contributed by atoms with Gasteiger partial charge in [0, 0.05) is 19.6 Å². The summed E-state index contributed by atoms with van der Waals surface area (Å²) in [5.74, 6) is -0.558. The summed E-state index contributed by atoms with van der Waals surface area (Å²) in [7, 11) is 0. The number of imidazole rings is 1. The van der Waals surface area contributed by atoms with Crippen LogP contribution in [0.25, 0.3) is 22.6 Å². The van der Waals surface area contributed by atoms with Gasteiger partial charge in [-0.15, -0.1) is 0 Å². The van der Waals surface area contributed by atoms with Gasteiger partial charge < -0.3 is 15.0 Å². The summed E-state index contributed by atoms with van der Waals surface area (Å²) < 4.78 is 19.6. The summed E-state index contributed by atoms with van der Waals surface area (Å²) in [5.41, 5.74) is 4.40. The summed E-state index contributed by atoms with van der Waals surface area (Å²) in [6, 6.07) is 10.7. The number of ether oxygens (including phenoxy) is 1. The van der Waals surface area contributed by atoms with Gasteiger partial charge in [0.25, 0.3) is 5.91 Å². The van der Waals surface area contributed by atoms with Crippen LogP contribution in [0.4, 0.5) is 10.1 Å². The van der Waals surface area contributed by atoms with Crippen molar-refractivity contribution in [1.29, 1.82) is 0 Å². The van der Waals surface area contributed by atoms with Crippen molar-refractivity contribution in [2.45, 2.75) is 13.5 Å². The van der Waals surface area contributed by atoms with E-state index in [-0.39, 0.29) is 5.56 Å². The number of nitrogens with one attached hydrogen (secondary N) is 3. The van der Waals surface area contributed by atoms with Crippen molar-refractivity contribution in [3.63, 3.8) is 0 Å². The van der Waals surface area contributed by atoms with Gasteiger partial charge in [-0.05, 0) is 36.2 Å². The average Bonchev–Trinajstić information content (AvgIpc) is 3.40. The molecule has 2 aromatic heterocycles. The third-order valence-corrected chi connectivity index (χ3v) is 5.63. The molecule has 1 fully saturated rings. The molecule has 1 aliphatic heterocycles. The number of carbonyl (C=O) groups excluding carboxylic acids is 1. The Morgan fingerprint density at radius 2 is 2.09 bits per heavy atom. The van der Waals surface area contributed by atoms with Crippen molar-refractivity contribution in [3.05, 3.63) is 65.1 Å². The normalized spacial score (nSPS) is 14.7. The Hall–Kier alpha value is -3.56. The number of nitrogens with zero attached hydrogens (tertiary/aromatic N) is 3. The van der Waals surface area contributed by atoms with E-state index < -0.39 is 11.7 Å². The van der Waals surface area contributed by atoms with Crippen LogP contribution in [-0.2, 0) is 11.3 Å². The van der Waals surface area contributed by atoms with Gasteiger partial charge in [-0.25, -0.2) is 9.37 Å². The first kappa shape index (κ1) is 20.3. The van der Waals surface area contributed by atoms with E-state index in [0.29, 0.717) is 22.8 Å². The molecule has 2 aromatic carbocycles. The lowest BCUT2D eigenvalue weighted by Gasteiger charge is -2.26. The molecule has 8 nitrogen and oxygen atoms in total. The van der Waals surface area contributed by atoms with Crippen LogP contribution in [0.15, 0.2) is 42.6 Å². The SMILES string of the molecule is Cc1cccc(F)c1C(=O)Nc1cn[nH]c1-c1nc2ccc(CN3CCOCC3)cc2[nH]1. The number of hydrogen-bond acceptors (Lipinski definition) is 5. The smallest absolute Gasteiger partial charge is 0.259 e. The van der Waals surface area contributed by atoms with Crippen LogP contribution in [0, 0.1) is 12.7 Å². The molecule has 4 aromatic rings. The van der Waals surface area contributed by atoms with Crippen molar-refractivity contribution in [2.75, 3.05) is 31.6 Å². The zero-order chi connectivity index (χ0) is 22.1. The van der Waals surface area contributed by atoms with Crippen molar-refractivity contribution in [3.8, 4) is 11.5 Å². The molecule has 9 heteroatoms. The molecule has 164 valence electrons. The first-order valence-electron chi connectivity index (χ1n) is 10.5. The minimum absolute atomic E-state index is 0.0111. The van der Waals surface area contributed by atoms with E-state index in [1.54, 1.807) is 19.1 Å². The molecule has 3 heterocycles. The maximum absolute atomic E-state index is 14.2. The predicted molar refractivity (Wildman–Crippen MR) is 119 cm³/mol. The molecule has 0 aliphatic carbocycles. The van der Waals surface area contributed by atoms with Crippen LogP contribution in [0.1, 0.15) is 21.5 Å². The first-order chi connectivity index (χ1) is 15.6. The van der Waals surface area contributed by atoms with Crippen LogP contribution < -0.4 is 5.32 Å². The highest BCUT2D eigenvalue weighted by molar-refractivity contribution is 6.06. The molecule has 32 heavy (non-hydrogen) atoms. The van der Waals surface area contributed by atoms with E-state index in [1.807, 2.05) is 6.07 Å². The second-order valence-corrected chi connectivity index (χ2v) is 7.87. The number of rotatable bonds is 5. The molecule has 0 atom stereocenters. The van der Waals surface area contributed by atoms with Gasteiger partial charge in [-0.3, -0.25) is 14.8 Å². The Morgan fingerprint density at radius 1 is 1.25 bits per heavy atom. The molecule has 0 unspecified atom stereocenters. The van der Waals surface area contributed by atoms with Crippen LogP contribution in [0.5, 0.6) is 0 Å². The molecule has 5 rings (SSSR count). The highest BCUT2D eigenvalue weighted by Crippen LogP contribution is 2.27. The second-order valence-electron chi connectivity index (χ2n) is 7.87. The Bertz CT molecular complexity index is 1250. The number of aromatic amines is 2. The van der Waals surface area contributed by atoms with Crippen LogP contribution in [-0.4, -0.2) is 57.3 Å². The quantitative estimate of drug-likeness (QED) is 0.447. The fourth-order valence-corrected chi connectivity index (χ4v) is 3.96.